The average Bonchev–Trinajstić information content (AvgIpc) is 2.18. The van der Waals surface area contributed by atoms with Gasteiger partial charge in [-0.1, -0.05) is 6.92 Å². The molecule has 0 aromatic heterocycles. The van der Waals surface area contributed by atoms with E-state index in [1.54, 1.807) is 0 Å². The van der Waals surface area contributed by atoms with Crippen LogP contribution in [0.5, 0.6) is 0 Å². The van der Waals surface area contributed by atoms with Crippen molar-refractivity contribution in [1.29, 1.82) is 0 Å². The zero-order chi connectivity index (χ0) is 13.8. The maximum absolute atomic E-state index is 12.1. The summed E-state index contributed by atoms with van der Waals surface area (Å²) in [6, 6.07) is 0.132. The van der Waals surface area contributed by atoms with Crippen LogP contribution in [0.3, 0.4) is 0 Å². The van der Waals surface area contributed by atoms with Crippen LogP contribution in [0.2, 0.25) is 0 Å². The summed E-state index contributed by atoms with van der Waals surface area (Å²) in [5.41, 5.74) is 0. The van der Waals surface area contributed by atoms with Gasteiger partial charge in [-0.05, 0) is 38.6 Å². The third kappa shape index (κ3) is 6.23. The molecule has 0 spiro atoms. The molecule has 3 nitrogen and oxygen atoms in total. The van der Waals surface area contributed by atoms with E-state index in [0.29, 0.717) is 5.92 Å². The standard InChI is InChI=1S/C12H21F3N2O/c1-9-3-5-10(6-4-9)16-11(18)7-17(2)8-12(13,14)15/h9-10H,3-8H2,1-2H3,(H,16,18). The fourth-order valence-corrected chi connectivity index (χ4v) is 2.28. The summed E-state index contributed by atoms with van der Waals surface area (Å²) >= 11 is 0. The van der Waals surface area contributed by atoms with Gasteiger partial charge in [-0.2, -0.15) is 13.2 Å². The highest BCUT2D eigenvalue weighted by atomic mass is 19.4. The lowest BCUT2D eigenvalue weighted by molar-refractivity contribution is -0.146. The van der Waals surface area contributed by atoms with E-state index in [9.17, 15) is 18.0 Å². The van der Waals surface area contributed by atoms with Crippen LogP contribution in [0.25, 0.3) is 0 Å². The molecule has 1 aliphatic carbocycles. The van der Waals surface area contributed by atoms with Crippen LogP contribution in [0.4, 0.5) is 13.2 Å². The lowest BCUT2D eigenvalue weighted by Crippen LogP contribution is -2.44. The predicted octanol–water partition coefficient (Wildman–Crippen LogP) is 2.18. The molecule has 1 aliphatic rings. The number of carbonyl (C=O) groups excluding carboxylic acids is 1. The van der Waals surface area contributed by atoms with Crippen molar-refractivity contribution in [2.24, 2.45) is 5.92 Å². The van der Waals surface area contributed by atoms with E-state index >= 15 is 0 Å². The van der Waals surface area contributed by atoms with E-state index in [4.69, 9.17) is 0 Å². The number of hydrogen-bond acceptors (Lipinski definition) is 2. The molecule has 18 heavy (non-hydrogen) atoms. The predicted molar refractivity (Wildman–Crippen MR) is 63.1 cm³/mol. The van der Waals surface area contributed by atoms with Crippen LogP contribution in [0, 0.1) is 5.92 Å². The maximum atomic E-state index is 12.1. The highest BCUT2D eigenvalue weighted by Crippen LogP contribution is 2.23. The van der Waals surface area contributed by atoms with Crippen molar-refractivity contribution in [3.05, 3.63) is 0 Å². The summed E-state index contributed by atoms with van der Waals surface area (Å²) in [6.45, 7) is 0.919. The first-order chi connectivity index (χ1) is 8.26. The largest absolute Gasteiger partial charge is 0.401 e. The second-order valence-corrected chi connectivity index (χ2v) is 5.31. The Balaban J connectivity index is 2.25. The second-order valence-electron chi connectivity index (χ2n) is 5.31. The number of likely N-dealkylation sites (N-methyl/N-ethyl adjacent to an activating group) is 1. The van der Waals surface area contributed by atoms with Gasteiger partial charge in [-0.15, -0.1) is 0 Å². The van der Waals surface area contributed by atoms with E-state index in [0.717, 1.165) is 30.6 Å². The fraction of sp³-hybridized carbons (Fsp3) is 0.917. The molecule has 6 heteroatoms. The maximum Gasteiger partial charge on any atom is 0.401 e. The number of rotatable bonds is 4. The van der Waals surface area contributed by atoms with E-state index in [-0.39, 0.29) is 18.5 Å². The van der Waals surface area contributed by atoms with Crippen molar-refractivity contribution >= 4 is 5.91 Å². The molecule has 0 aromatic carbocycles. The molecule has 1 amide bonds. The molecule has 106 valence electrons. The lowest BCUT2D eigenvalue weighted by Gasteiger charge is -2.27. The number of nitrogens with zero attached hydrogens (tertiary/aromatic N) is 1. The number of carbonyl (C=O) groups is 1. The first-order valence-electron chi connectivity index (χ1n) is 6.31. The summed E-state index contributed by atoms with van der Waals surface area (Å²) in [6.07, 6.45) is -0.256. The zero-order valence-electron chi connectivity index (χ0n) is 10.9. The number of alkyl halides is 3. The van der Waals surface area contributed by atoms with Crippen LogP contribution < -0.4 is 5.32 Å². The average molecular weight is 266 g/mol. The lowest BCUT2D eigenvalue weighted by atomic mass is 9.87. The van der Waals surface area contributed by atoms with Crippen molar-refractivity contribution in [2.75, 3.05) is 20.1 Å². The second kappa shape index (κ2) is 6.41. The van der Waals surface area contributed by atoms with Crippen molar-refractivity contribution in [2.45, 2.75) is 44.8 Å². The zero-order valence-corrected chi connectivity index (χ0v) is 10.9. The summed E-state index contributed by atoms with van der Waals surface area (Å²) in [4.78, 5) is 12.6. The minimum Gasteiger partial charge on any atom is -0.352 e. The highest BCUT2D eigenvalue weighted by molar-refractivity contribution is 5.78. The Morgan fingerprint density at radius 3 is 2.33 bits per heavy atom. The summed E-state index contributed by atoms with van der Waals surface area (Å²) in [7, 11) is 1.30. The van der Waals surface area contributed by atoms with Gasteiger partial charge in [0.05, 0.1) is 13.1 Å². The van der Waals surface area contributed by atoms with Gasteiger partial charge in [0.15, 0.2) is 0 Å². The molecule has 1 fully saturated rings. The van der Waals surface area contributed by atoms with Crippen molar-refractivity contribution < 1.29 is 18.0 Å². The molecule has 0 bridgehead atoms. The summed E-state index contributed by atoms with van der Waals surface area (Å²) < 4.78 is 36.3. The van der Waals surface area contributed by atoms with Crippen LogP contribution >= 0.6 is 0 Å². The van der Waals surface area contributed by atoms with Crippen molar-refractivity contribution in [3.8, 4) is 0 Å². The molecular formula is C12H21F3N2O. The number of nitrogens with one attached hydrogen (secondary N) is 1. The Morgan fingerprint density at radius 1 is 1.28 bits per heavy atom. The molecule has 1 saturated carbocycles. The van der Waals surface area contributed by atoms with Gasteiger partial charge < -0.3 is 5.32 Å². The SMILES string of the molecule is CC1CCC(NC(=O)CN(C)CC(F)(F)F)CC1. The molecule has 1 N–H and O–H groups in total. The van der Waals surface area contributed by atoms with Gasteiger partial charge in [-0.3, -0.25) is 9.69 Å². The first kappa shape index (κ1) is 15.3. The van der Waals surface area contributed by atoms with Crippen molar-refractivity contribution in [3.63, 3.8) is 0 Å². The van der Waals surface area contributed by atoms with Gasteiger partial charge in [0.1, 0.15) is 0 Å². The van der Waals surface area contributed by atoms with Crippen LogP contribution in [0.1, 0.15) is 32.6 Å². The monoisotopic (exact) mass is 266 g/mol. The molecule has 0 radical (unpaired) electrons. The molecule has 0 saturated heterocycles. The van der Waals surface area contributed by atoms with Gasteiger partial charge in [0.2, 0.25) is 5.91 Å². The van der Waals surface area contributed by atoms with Gasteiger partial charge in [-0.25, -0.2) is 0 Å². The van der Waals surface area contributed by atoms with Crippen molar-refractivity contribution in [1.82, 2.24) is 10.2 Å². The Labute approximate surface area is 106 Å². The topological polar surface area (TPSA) is 32.3 Å². The summed E-state index contributed by atoms with van der Waals surface area (Å²) in [5, 5.41) is 2.81. The third-order valence-electron chi connectivity index (χ3n) is 3.24. The number of hydrogen-bond donors (Lipinski definition) is 1. The molecule has 0 atom stereocenters. The van der Waals surface area contributed by atoms with Crippen LogP contribution in [0.15, 0.2) is 0 Å². The highest BCUT2D eigenvalue weighted by Gasteiger charge is 2.30. The first-order valence-corrected chi connectivity index (χ1v) is 6.31. The molecule has 1 rings (SSSR count). The van der Waals surface area contributed by atoms with Gasteiger partial charge >= 0.3 is 6.18 Å². The van der Waals surface area contributed by atoms with Gasteiger partial charge in [0.25, 0.3) is 0 Å². The van der Waals surface area contributed by atoms with Crippen LogP contribution in [-0.4, -0.2) is 43.2 Å². The molecule has 0 heterocycles. The third-order valence-corrected chi connectivity index (χ3v) is 3.24. The Bertz CT molecular complexity index is 273. The Hall–Kier alpha value is -0.780. The number of amides is 1. The number of halogens is 3. The molecule has 0 aromatic rings. The summed E-state index contributed by atoms with van der Waals surface area (Å²) in [5.74, 6) is 0.368. The molecule has 0 unspecified atom stereocenters. The van der Waals surface area contributed by atoms with E-state index in [1.165, 1.54) is 7.05 Å². The normalized spacial score (nSPS) is 25.2. The minimum atomic E-state index is -4.25. The Kier molecular flexibility index (Phi) is 5.44. The van der Waals surface area contributed by atoms with E-state index < -0.39 is 12.7 Å². The minimum absolute atomic E-state index is 0.132. The Morgan fingerprint density at radius 2 is 1.83 bits per heavy atom. The quantitative estimate of drug-likeness (QED) is 0.846. The van der Waals surface area contributed by atoms with E-state index in [2.05, 4.69) is 12.2 Å². The van der Waals surface area contributed by atoms with Crippen LogP contribution in [-0.2, 0) is 4.79 Å². The van der Waals surface area contributed by atoms with E-state index in [1.807, 2.05) is 0 Å². The molecular weight excluding hydrogens is 245 g/mol. The smallest absolute Gasteiger partial charge is 0.352 e. The molecule has 0 aliphatic heterocycles. The van der Waals surface area contributed by atoms with Gasteiger partial charge in [0, 0.05) is 6.04 Å². The fourth-order valence-electron chi connectivity index (χ4n) is 2.28.